The highest BCUT2D eigenvalue weighted by molar-refractivity contribution is 7.89. The van der Waals surface area contributed by atoms with Crippen molar-refractivity contribution in [2.75, 3.05) is 51.3 Å². The Morgan fingerprint density at radius 3 is 2.39 bits per heavy atom. The molecule has 28 heavy (non-hydrogen) atoms. The molecule has 0 bridgehead atoms. The zero-order chi connectivity index (χ0) is 19.6. The fourth-order valence-corrected chi connectivity index (χ4v) is 5.34. The smallest absolute Gasteiger partial charge is 0.276 e. The number of hydrogen-bond acceptors (Lipinski definition) is 6. The van der Waals surface area contributed by atoms with Crippen molar-refractivity contribution in [3.63, 3.8) is 0 Å². The predicted octanol–water partition coefficient (Wildman–Crippen LogP) is 2.39. The first-order valence-corrected chi connectivity index (χ1v) is 11.2. The fourth-order valence-electron chi connectivity index (χ4n) is 3.90. The molecule has 0 N–H and O–H groups in total. The largest absolute Gasteiger partial charge is 0.495 e. The van der Waals surface area contributed by atoms with Crippen LogP contribution in [0.3, 0.4) is 0 Å². The molecule has 0 amide bonds. The summed E-state index contributed by atoms with van der Waals surface area (Å²) in [6.45, 7) is 5.34. The average Bonchev–Trinajstić information content (AvgIpc) is 3.41. The molecule has 2 aliphatic rings. The molecular weight excluding hydrogens is 378 g/mol. The first kappa shape index (κ1) is 19.3. The first-order valence-electron chi connectivity index (χ1n) is 9.77. The van der Waals surface area contributed by atoms with Gasteiger partial charge in [0.15, 0.2) is 0 Å². The highest BCUT2D eigenvalue weighted by Crippen LogP contribution is 2.29. The highest BCUT2D eigenvalue weighted by Gasteiger charge is 2.30. The Bertz CT molecular complexity index is 898. The SMILES string of the molecule is COc1ccccc1N1CCN(Cc2ccc(S(=O)(=O)N3CCCC3)o2)CC1. The standard InChI is InChI=1S/C20H27N3O4S/c1-26-19-7-3-2-6-18(19)22-14-12-21(13-15-22)16-17-8-9-20(27-17)28(24,25)23-10-4-5-11-23/h2-3,6-9H,4-5,10-16H2,1H3. The molecule has 0 spiro atoms. The van der Waals surface area contributed by atoms with Gasteiger partial charge >= 0.3 is 0 Å². The van der Waals surface area contributed by atoms with Crippen LogP contribution in [0.4, 0.5) is 5.69 Å². The third kappa shape index (κ3) is 3.90. The maximum Gasteiger partial charge on any atom is 0.276 e. The number of methoxy groups -OCH3 is 1. The fraction of sp³-hybridized carbons (Fsp3) is 0.500. The molecule has 2 aromatic rings. The number of ether oxygens (including phenoxy) is 1. The van der Waals surface area contributed by atoms with Crippen molar-refractivity contribution in [1.82, 2.24) is 9.21 Å². The van der Waals surface area contributed by atoms with Gasteiger partial charge < -0.3 is 14.1 Å². The van der Waals surface area contributed by atoms with E-state index in [1.54, 1.807) is 19.2 Å². The molecule has 2 saturated heterocycles. The van der Waals surface area contributed by atoms with Crippen molar-refractivity contribution in [1.29, 1.82) is 0 Å². The van der Waals surface area contributed by atoms with Crippen LogP contribution in [0, 0.1) is 0 Å². The van der Waals surface area contributed by atoms with Gasteiger partial charge in [-0.2, -0.15) is 4.31 Å². The molecular formula is C20H27N3O4S. The molecule has 7 nitrogen and oxygen atoms in total. The summed E-state index contributed by atoms with van der Waals surface area (Å²) in [5.74, 6) is 1.59. The Balaban J connectivity index is 1.36. The van der Waals surface area contributed by atoms with Crippen molar-refractivity contribution in [2.24, 2.45) is 0 Å². The summed E-state index contributed by atoms with van der Waals surface area (Å²) < 4.78 is 37.9. The minimum absolute atomic E-state index is 0.0667. The monoisotopic (exact) mass is 405 g/mol. The van der Waals surface area contributed by atoms with Gasteiger partial charge in [0.05, 0.1) is 19.3 Å². The quantitative estimate of drug-likeness (QED) is 0.735. The maximum absolute atomic E-state index is 12.6. The lowest BCUT2D eigenvalue weighted by atomic mass is 10.2. The predicted molar refractivity (Wildman–Crippen MR) is 107 cm³/mol. The number of furan rings is 1. The van der Waals surface area contributed by atoms with Crippen LogP contribution in [0.2, 0.25) is 0 Å². The summed E-state index contributed by atoms with van der Waals surface area (Å²) in [5.41, 5.74) is 1.11. The molecule has 2 fully saturated rings. The molecule has 8 heteroatoms. The number of benzene rings is 1. The molecule has 0 aliphatic carbocycles. The molecule has 3 heterocycles. The van der Waals surface area contributed by atoms with E-state index in [9.17, 15) is 8.42 Å². The van der Waals surface area contributed by atoms with E-state index in [0.29, 0.717) is 25.4 Å². The van der Waals surface area contributed by atoms with E-state index in [0.717, 1.165) is 50.5 Å². The van der Waals surface area contributed by atoms with Gasteiger partial charge in [-0.25, -0.2) is 8.42 Å². The summed E-state index contributed by atoms with van der Waals surface area (Å²) in [7, 11) is -1.79. The number of anilines is 1. The molecule has 0 radical (unpaired) electrons. The number of rotatable bonds is 6. The summed E-state index contributed by atoms with van der Waals surface area (Å²) in [6.07, 6.45) is 1.84. The molecule has 0 saturated carbocycles. The van der Waals surface area contributed by atoms with Gasteiger partial charge in [-0.05, 0) is 37.1 Å². The Morgan fingerprint density at radius 2 is 1.68 bits per heavy atom. The van der Waals surface area contributed by atoms with Crippen molar-refractivity contribution in [2.45, 2.75) is 24.5 Å². The zero-order valence-corrected chi connectivity index (χ0v) is 17.0. The van der Waals surface area contributed by atoms with E-state index >= 15 is 0 Å². The summed E-state index contributed by atoms with van der Waals surface area (Å²) in [5, 5.41) is 0.0667. The van der Waals surface area contributed by atoms with Crippen LogP contribution in [0.15, 0.2) is 45.9 Å². The third-order valence-electron chi connectivity index (χ3n) is 5.47. The third-order valence-corrected chi connectivity index (χ3v) is 7.25. The lowest BCUT2D eigenvalue weighted by molar-refractivity contribution is 0.223. The van der Waals surface area contributed by atoms with Gasteiger partial charge in [0.1, 0.15) is 11.5 Å². The van der Waals surface area contributed by atoms with Crippen molar-refractivity contribution in [3.05, 3.63) is 42.2 Å². The van der Waals surface area contributed by atoms with Gasteiger partial charge in [-0.15, -0.1) is 0 Å². The number of piperazine rings is 1. The number of hydrogen-bond donors (Lipinski definition) is 0. The second-order valence-corrected chi connectivity index (χ2v) is 9.14. The Labute approximate surface area is 166 Å². The van der Waals surface area contributed by atoms with Crippen molar-refractivity contribution in [3.8, 4) is 5.75 Å². The topological polar surface area (TPSA) is 66.2 Å². The van der Waals surface area contributed by atoms with E-state index in [1.165, 1.54) is 4.31 Å². The van der Waals surface area contributed by atoms with Crippen LogP contribution in [0.25, 0.3) is 0 Å². The van der Waals surface area contributed by atoms with Crippen molar-refractivity contribution >= 4 is 15.7 Å². The lowest BCUT2D eigenvalue weighted by Gasteiger charge is -2.36. The number of sulfonamides is 1. The van der Waals surface area contributed by atoms with Gasteiger partial charge in [-0.1, -0.05) is 12.1 Å². The van der Waals surface area contributed by atoms with Gasteiger partial charge in [-0.3, -0.25) is 4.90 Å². The van der Waals surface area contributed by atoms with E-state index in [2.05, 4.69) is 15.9 Å². The van der Waals surface area contributed by atoms with Gasteiger partial charge in [0.25, 0.3) is 10.0 Å². The van der Waals surface area contributed by atoms with Crippen molar-refractivity contribution < 1.29 is 17.6 Å². The van der Waals surface area contributed by atoms with Crippen LogP contribution >= 0.6 is 0 Å². The van der Waals surface area contributed by atoms with Crippen LogP contribution in [-0.2, 0) is 16.6 Å². The Hall–Kier alpha value is -2.03. The number of para-hydroxylation sites is 2. The summed E-state index contributed by atoms with van der Waals surface area (Å²) >= 11 is 0. The lowest BCUT2D eigenvalue weighted by Crippen LogP contribution is -2.46. The Morgan fingerprint density at radius 1 is 0.964 bits per heavy atom. The van der Waals surface area contributed by atoms with Crippen LogP contribution in [-0.4, -0.2) is 64.0 Å². The number of nitrogens with zero attached hydrogens (tertiary/aromatic N) is 3. The van der Waals surface area contributed by atoms with E-state index in [-0.39, 0.29) is 5.09 Å². The van der Waals surface area contributed by atoms with Crippen LogP contribution in [0.1, 0.15) is 18.6 Å². The molecule has 0 unspecified atom stereocenters. The zero-order valence-electron chi connectivity index (χ0n) is 16.2. The highest BCUT2D eigenvalue weighted by atomic mass is 32.2. The molecule has 0 atom stereocenters. The van der Waals surface area contributed by atoms with Crippen LogP contribution < -0.4 is 9.64 Å². The van der Waals surface area contributed by atoms with E-state index in [4.69, 9.17) is 9.15 Å². The normalized spacial score (nSPS) is 19.2. The van der Waals surface area contributed by atoms with E-state index in [1.807, 2.05) is 18.2 Å². The maximum atomic E-state index is 12.6. The van der Waals surface area contributed by atoms with Crippen LogP contribution in [0.5, 0.6) is 5.75 Å². The van der Waals surface area contributed by atoms with E-state index < -0.39 is 10.0 Å². The minimum atomic E-state index is -3.49. The van der Waals surface area contributed by atoms with Gasteiger partial charge in [0.2, 0.25) is 5.09 Å². The second kappa shape index (κ2) is 8.14. The molecule has 1 aromatic carbocycles. The first-order chi connectivity index (χ1) is 13.6. The summed E-state index contributed by atoms with van der Waals surface area (Å²) in [6, 6.07) is 11.4. The molecule has 152 valence electrons. The van der Waals surface area contributed by atoms with Gasteiger partial charge in [0, 0.05) is 39.3 Å². The second-order valence-electron chi connectivity index (χ2n) is 7.27. The molecule has 2 aliphatic heterocycles. The molecule has 4 rings (SSSR count). The minimum Gasteiger partial charge on any atom is -0.495 e. The average molecular weight is 406 g/mol. The Kier molecular flexibility index (Phi) is 5.61. The molecule has 1 aromatic heterocycles. The summed E-state index contributed by atoms with van der Waals surface area (Å²) in [4.78, 5) is 4.61.